The molecule has 0 unspecified atom stereocenters. The number of halogens is 4. The molecule has 2 aromatic carbocycles. The summed E-state index contributed by atoms with van der Waals surface area (Å²) in [5, 5.41) is 0. The fraction of sp³-hybridized carbons (Fsp3) is 0.200. The first-order valence-corrected chi connectivity index (χ1v) is 8.72. The summed E-state index contributed by atoms with van der Waals surface area (Å²) < 4.78 is 54.4. The molecular weight excluding hydrogens is 390 g/mol. The van der Waals surface area contributed by atoms with Crippen molar-refractivity contribution in [1.29, 1.82) is 0 Å². The van der Waals surface area contributed by atoms with Gasteiger partial charge in [-0.3, -0.25) is 13.9 Å². The zero-order chi connectivity index (χ0) is 20.9. The molecule has 1 fully saturated rings. The van der Waals surface area contributed by atoms with Gasteiger partial charge in [-0.1, -0.05) is 18.7 Å². The van der Waals surface area contributed by atoms with Crippen LogP contribution in [0.2, 0.25) is 0 Å². The highest BCUT2D eigenvalue weighted by atomic mass is 19.4. The molecule has 1 aliphatic rings. The van der Waals surface area contributed by atoms with Crippen LogP contribution in [0.3, 0.4) is 0 Å². The van der Waals surface area contributed by atoms with Gasteiger partial charge in [0.15, 0.2) is 5.83 Å². The summed E-state index contributed by atoms with van der Waals surface area (Å²) in [6.07, 6.45) is -4.47. The summed E-state index contributed by atoms with van der Waals surface area (Å²) in [5.74, 6) is -1.89. The van der Waals surface area contributed by atoms with Gasteiger partial charge in [0.1, 0.15) is 0 Å². The van der Waals surface area contributed by atoms with Gasteiger partial charge >= 0.3 is 11.9 Å². The molecule has 2 heterocycles. The number of rotatable bonds is 3. The Hall–Kier alpha value is -3.36. The molecule has 0 aliphatic carbocycles. The SMILES string of the molecule is C=C(F)C(=O)N1CC(n2c(=O)n(-c3ccc(C(F)(F)F)cc3)c3ccccc32)C1. The first-order chi connectivity index (χ1) is 13.7. The van der Waals surface area contributed by atoms with Crippen molar-refractivity contribution < 1.29 is 22.4 Å². The van der Waals surface area contributed by atoms with Crippen LogP contribution < -0.4 is 5.69 Å². The standard InChI is InChI=1S/C20H15F4N3O2/c1-12(21)18(28)25-10-15(11-25)27-17-5-3-2-4-16(17)26(19(27)29)14-8-6-13(7-9-14)20(22,23)24/h2-9,15H,1,10-11H2. The van der Waals surface area contributed by atoms with Gasteiger partial charge in [0.05, 0.1) is 28.3 Å². The molecule has 5 nitrogen and oxygen atoms in total. The van der Waals surface area contributed by atoms with Gasteiger partial charge in [0, 0.05) is 13.1 Å². The zero-order valence-electron chi connectivity index (χ0n) is 15.0. The topological polar surface area (TPSA) is 47.2 Å². The molecule has 3 aromatic rings. The fourth-order valence-electron chi connectivity index (χ4n) is 3.53. The Labute approximate surface area is 162 Å². The molecule has 0 saturated carbocycles. The molecule has 0 spiro atoms. The van der Waals surface area contributed by atoms with E-state index in [-0.39, 0.29) is 19.1 Å². The monoisotopic (exact) mass is 405 g/mol. The Morgan fingerprint density at radius 3 is 2.14 bits per heavy atom. The molecule has 0 bridgehead atoms. The van der Waals surface area contributed by atoms with E-state index in [1.165, 1.54) is 26.2 Å². The van der Waals surface area contributed by atoms with E-state index in [2.05, 4.69) is 6.58 Å². The first kappa shape index (κ1) is 19.0. The number of nitrogens with zero attached hydrogens (tertiary/aromatic N) is 3. The molecule has 1 saturated heterocycles. The predicted octanol–water partition coefficient (Wildman–Crippen LogP) is 3.68. The second-order valence-electron chi connectivity index (χ2n) is 6.79. The van der Waals surface area contributed by atoms with E-state index in [1.54, 1.807) is 24.3 Å². The molecule has 1 aliphatic heterocycles. The van der Waals surface area contributed by atoms with Crippen LogP contribution >= 0.6 is 0 Å². The van der Waals surface area contributed by atoms with Crippen LogP contribution in [0.15, 0.2) is 65.7 Å². The number of imidazole rings is 1. The minimum absolute atomic E-state index is 0.142. The van der Waals surface area contributed by atoms with E-state index in [0.29, 0.717) is 16.7 Å². The van der Waals surface area contributed by atoms with E-state index in [1.807, 2.05) is 0 Å². The molecule has 9 heteroatoms. The van der Waals surface area contributed by atoms with Gasteiger partial charge in [-0.25, -0.2) is 9.18 Å². The number of carbonyl (C=O) groups is 1. The van der Waals surface area contributed by atoms with Crippen molar-refractivity contribution in [2.75, 3.05) is 13.1 Å². The largest absolute Gasteiger partial charge is 0.416 e. The Kier molecular flexibility index (Phi) is 4.33. The van der Waals surface area contributed by atoms with E-state index in [9.17, 15) is 27.2 Å². The minimum atomic E-state index is -4.47. The number of fused-ring (bicyclic) bond motifs is 1. The summed E-state index contributed by atoms with van der Waals surface area (Å²) in [6, 6.07) is 10.8. The van der Waals surface area contributed by atoms with Crippen molar-refractivity contribution >= 4 is 16.9 Å². The third-order valence-corrected chi connectivity index (χ3v) is 4.98. The van der Waals surface area contributed by atoms with Crippen molar-refractivity contribution in [2.45, 2.75) is 12.2 Å². The van der Waals surface area contributed by atoms with Crippen molar-refractivity contribution in [2.24, 2.45) is 0 Å². The average Bonchev–Trinajstić information content (AvgIpc) is 2.92. The Morgan fingerprint density at radius 2 is 1.59 bits per heavy atom. The number of likely N-dealkylation sites (tertiary alicyclic amines) is 1. The highest BCUT2D eigenvalue weighted by Gasteiger charge is 2.36. The maximum atomic E-state index is 13.1. The first-order valence-electron chi connectivity index (χ1n) is 8.72. The third kappa shape index (κ3) is 3.12. The molecule has 0 radical (unpaired) electrons. The molecule has 29 heavy (non-hydrogen) atoms. The number of amides is 1. The number of hydrogen-bond acceptors (Lipinski definition) is 2. The second-order valence-corrected chi connectivity index (χ2v) is 6.79. The maximum Gasteiger partial charge on any atom is 0.416 e. The summed E-state index contributed by atoms with van der Waals surface area (Å²) in [4.78, 5) is 26.0. The zero-order valence-corrected chi connectivity index (χ0v) is 15.0. The van der Waals surface area contributed by atoms with Crippen LogP contribution in [-0.4, -0.2) is 33.0 Å². The lowest BCUT2D eigenvalue weighted by Crippen LogP contribution is -2.52. The lowest BCUT2D eigenvalue weighted by molar-refractivity contribution is -0.137. The van der Waals surface area contributed by atoms with Crippen molar-refractivity contribution in [3.8, 4) is 5.69 Å². The average molecular weight is 405 g/mol. The van der Waals surface area contributed by atoms with Crippen molar-refractivity contribution in [3.63, 3.8) is 0 Å². The molecule has 150 valence electrons. The highest BCUT2D eigenvalue weighted by Crippen LogP contribution is 2.31. The van der Waals surface area contributed by atoms with Crippen LogP contribution in [-0.2, 0) is 11.0 Å². The molecule has 0 atom stereocenters. The molecular formula is C20H15F4N3O2. The van der Waals surface area contributed by atoms with Gasteiger partial charge in [-0.2, -0.15) is 13.2 Å². The fourth-order valence-corrected chi connectivity index (χ4v) is 3.53. The third-order valence-electron chi connectivity index (χ3n) is 4.98. The number of para-hydroxylation sites is 2. The molecule has 1 aromatic heterocycles. The number of aromatic nitrogens is 2. The van der Waals surface area contributed by atoms with E-state index in [0.717, 1.165) is 12.1 Å². The number of alkyl halides is 3. The van der Waals surface area contributed by atoms with Gasteiger partial charge < -0.3 is 4.90 Å². The number of benzene rings is 2. The van der Waals surface area contributed by atoms with Crippen LogP contribution in [0.4, 0.5) is 17.6 Å². The predicted molar refractivity (Wildman–Crippen MR) is 98.4 cm³/mol. The van der Waals surface area contributed by atoms with E-state index < -0.39 is 29.2 Å². The van der Waals surface area contributed by atoms with E-state index >= 15 is 0 Å². The summed E-state index contributed by atoms with van der Waals surface area (Å²) >= 11 is 0. The quantitative estimate of drug-likeness (QED) is 0.493. The lowest BCUT2D eigenvalue weighted by Gasteiger charge is -2.39. The smallest absolute Gasteiger partial charge is 0.332 e. The summed E-state index contributed by atoms with van der Waals surface area (Å²) in [5.41, 5.74) is 0.146. The van der Waals surface area contributed by atoms with Crippen LogP contribution in [0.5, 0.6) is 0 Å². The van der Waals surface area contributed by atoms with Crippen LogP contribution in [0.25, 0.3) is 16.7 Å². The van der Waals surface area contributed by atoms with E-state index in [4.69, 9.17) is 0 Å². The summed E-state index contributed by atoms with van der Waals surface area (Å²) in [7, 11) is 0. The van der Waals surface area contributed by atoms with Gasteiger partial charge in [-0.05, 0) is 36.4 Å². The van der Waals surface area contributed by atoms with Gasteiger partial charge in [0.2, 0.25) is 0 Å². The lowest BCUT2D eigenvalue weighted by atomic mass is 10.1. The normalized spacial score (nSPS) is 14.8. The van der Waals surface area contributed by atoms with Gasteiger partial charge in [0.25, 0.3) is 5.91 Å². The second kappa shape index (κ2) is 6.61. The van der Waals surface area contributed by atoms with Crippen molar-refractivity contribution in [1.82, 2.24) is 14.0 Å². The Morgan fingerprint density at radius 1 is 1.00 bits per heavy atom. The maximum absolute atomic E-state index is 13.1. The number of carbonyl (C=O) groups excluding carboxylic acids is 1. The van der Waals surface area contributed by atoms with Gasteiger partial charge in [-0.15, -0.1) is 0 Å². The Bertz CT molecular complexity index is 1170. The minimum Gasteiger partial charge on any atom is -0.332 e. The Balaban J connectivity index is 1.76. The molecule has 1 amide bonds. The number of hydrogen-bond donors (Lipinski definition) is 0. The van der Waals surface area contributed by atoms with Crippen LogP contribution in [0.1, 0.15) is 11.6 Å². The van der Waals surface area contributed by atoms with Crippen LogP contribution in [0, 0.1) is 0 Å². The summed E-state index contributed by atoms with van der Waals surface area (Å²) in [6.45, 7) is 3.26. The highest BCUT2D eigenvalue weighted by molar-refractivity contribution is 5.91. The van der Waals surface area contributed by atoms with Crippen molar-refractivity contribution in [3.05, 3.63) is 77.0 Å². The molecule has 4 rings (SSSR count). The molecule has 0 N–H and O–H groups in total.